The third-order valence-corrected chi connectivity index (χ3v) is 15.1. The monoisotopic (exact) mass is 1080 g/mol. The number of hydrogen-bond donors (Lipinski definition) is 0. The summed E-state index contributed by atoms with van der Waals surface area (Å²) in [5, 5.41) is 2.26. The SMILES string of the molecule is CC(C)(C)c1cc(-c2cccc(-c3ccccc3)c2-n2[c](=[Pt])n(C3CCc4ccc(Oc5[c-]c6c(cc5)c5ccccc5n6-c5cc(C(C)(C)C)ccn5)[c-]c43)c3ccccc32)cc(C(C)(C)C)c1. The predicted octanol–water partition coefficient (Wildman–Crippen LogP) is 16.2. The van der Waals surface area contributed by atoms with Crippen LogP contribution in [-0.4, -0.2) is 18.7 Å². The maximum atomic E-state index is 6.79. The van der Waals surface area contributed by atoms with Crippen molar-refractivity contribution in [2.75, 3.05) is 0 Å². The van der Waals surface area contributed by atoms with Gasteiger partial charge in [0, 0.05) is 6.20 Å². The first-order valence-corrected chi connectivity index (χ1v) is 25.3. The van der Waals surface area contributed by atoms with Crippen molar-refractivity contribution in [1.82, 2.24) is 18.7 Å². The number of para-hydroxylation sites is 4. The topological polar surface area (TPSA) is 36.9 Å². The van der Waals surface area contributed by atoms with E-state index in [4.69, 9.17) is 9.72 Å². The summed E-state index contributed by atoms with van der Waals surface area (Å²) in [6.07, 6.45) is 3.83. The van der Waals surface area contributed by atoms with E-state index in [1.165, 1.54) is 61.3 Å². The zero-order chi connectivity index (χ0) is 48.0. The Morgan fingerprint density at radius 1 is 0.551 bits per heavy atom. The van der Waals surface area contributed by atoms with E-state index in [-0.39, 0.29) is 22.3 Å². The molecule has 0 N–H and O–H groups in total. The second kappa shape index (κ2) is 16.8. The fourth-order valence-corrected chi connectivity index (χ4v) is 11.4. The number of pyridine rings is 1. The molecule has 3 heterocycles. The Morgan fingerprint density at radius 2 is 1.17 bits per heavy atom. The van der Waals surface area contributed by atoms with Gasteiger partial charge in [-0.25, -0.2) is 4.98 Å². The molecule has 11 rings (SSSR count). The van der Waals surface area contributed by atoms with Gasteiger partial charge >= 0.3 is 341 Å². The van der Waals surface area contributed by atoms with Crippen molar-refractivity contribution in [2.24, 2.45) is 0 Å². The average Bonchev–Trinajstić information content (AvgIpc) is 3.99. The zero-order valence-corrected chi connectivity index (χ0v) is 43.3. The molecule has 1 atom stereocenters. The zero-order valence-electron chi connectivity index (χ0n) is 41.0. The second-order valence-corrected chi connectivity index (χ2v) is 22.8. The molecular weight excluding hydrogens is 1020 g/mol. The van der Waals surface area contributed by atoms with Gasteiger partial charge in [0.1, 0.15) is 0 Å². The number of fused-ring (bicyclic) bond motifs is 5. The van der Waals surface area contributed by atoms with Crippen LogP contribution in [0.25, 0.3) is 66.6 Å². The Morgan fingerprint density at radius 3 is 1.88 bits per heavy atom. The summed E-state index contributed by atoms with van der Waals surface area (Å²) >= 11 is 2.60. The Kier molecular flexibility index (Phi) is 11.0. The van der Waals surface area contributed by atoms with E-state index in [2.05, 4.69) is 253 Å². The molecular formula is C63H58N4OPt-2. The Balaban J connectivity index is 1.04. The normalized spacial score (nSPS) is 14.3. The quantitative estimate of drug-likeness (QED) is 0.149. The fourth-order valence-electron chi connectivity index (χ4n) is 10.2. The summed E-state index contributed by atoms with van der Waals surface area (Å²) in [5.41, 5.74) is 16.6. The van der Waals surface area contributed by atoms with E-state index in [1.54, 1.807) is 0 Å². The van der Waals surface area contributed by atoms with Crippen molar-refractivity contribution in [3.05, 3.63) is 202 Å². The first-order valence-electron chi connectivity index (χ1n) is 24.2. The average molecular weight is 1080 g/mol. The van der Waals surface area contributed by atoms with Gasteiger partial charge in [0.25, 0.3) is 0 Å². The molecule has 0 fully saturated rings. The number of aromatic nitrogens is 4. The van der Waals surface area contributed by atoms with Crippen molar-refractivity contribution in [1.29, 1.82) is 0 Å². The third-order valence-electron chi connectivity index (χ3n) is 14.0. The molecule has 0 radical (unpaired) electrons. The Hall–Kier alpha value is -6.55. The van der Waals surface area contributed by atoms with Crippen LogP contribution in [0.5, 0.6) is 11.5 Å². The first kappa shape index (κ1) is 44.9. The molecule has 7 aromatic carbocycles. The molecule has 0 saturated heterocycles. The van der Waals surface area contributed by atoms with Crippen LogP contribution in [0.15, 0.2) is 158 Å². The van der Waals surface area contributed by atoms with Gasteiger partial charge in [-0.15, -0.1) is 0 Å². The molecule has 6 heteroatoms. The third kappa shape index (κ3) is 8.03. The van der Waals surface area contributed by atoms with Crippen LogP contribution < -0.4 is 4.74 Å². The minimum atomic E-state index is -0.0270. The molecule has 0 aliphatic heterocycles. The van der Waals surface area contributed by atoms with Crippen LogP contribution in [0.1, 0.15) is 103 Å². The van der Waals surface area contributed by atoms with E-state index < -0.39 is 0 Å². The summed E-state index contributed by atoms with van der Waals surface area (Å²) < 4.78 is 15.2. The number of hydrogen-bond acceptors (Lipinski definition) is 2. The molecule has 1 aliphatic carbocycles. The summed E-state index contributed by atoms with van der Waals surface area (Å²) in [6, 6.07) is 62.8. The molecule has 69 heavy (non-hydrogen) atoms. The van der Waals surface area contributed by atoms with E-state index in [1.807, 2.05) is 12.3 Å². The van der Waals surface area contributed by atoms with Gasteiger partial charge in [0.05, 0.1) is 0 Å². The molecule has 10 aromatic rings. The van der Waals surface area contributed by atoms with Crippen LogP contribution in [-0.2, 0) is 42.0 Å². The van der Waals surface area contributed by atoms with E-state index >= 15 is 0 Å². The summed E-state index contributed by atoms with van der Waals surface area (Å²) in [4.78, 5) is 4.89. The molecule has 348 valence electrons. The van der Waals surface area contributed by atoms with Crippen LogP contribution in [0.3, 0.4) is 0 Å². The molecule has 0 spiro atoms. The van der Waals surface area contributed by atoms with Crippen molar-refractivity contribution in [3.63, 3.8) is 0 Å². The Labute approximate surface area is 417 Å². The van der Waals surface area contributed by atoms with Gasteiger partial charge in [0.15, 0.2) is 0 Å². The summed E-state index contributed by atoms with van der Waals surface area (Å²) in [5.74, 6) is 2.18. The fraction of sp³-hybridized carbons (Fsp3) is 0.238. The van der Waals surface area contributed by atoms with Crippen LogP contribution in [0, 0.1) is 15.9 Å². The number of nitrogens with zero attached hydrogens (tertiary/aromatic N) is 4. The minimum absolute atomic E-state index is 0.0221. The molecule has 0 bridgehead atoms. The summed E-state index contributed by atoms with van der Waals surface area (Å²) in [7, 11) is 0. The number of benzene rings is 7. The predicted molar refractivity (Wildman–Crippen MR) is 281 cm³/mol. The standard InChI is InChI=1S/C63H58N4O.Pt/c1-61(2,3)44-32-33-64-59(37-44)67-55-23-14-13-20-51(55)52-30-29-48(39-58(52)67)68-47-28-26-42-27-31-54(53(42)38-47)65-40-66(57-25-16-15-24-56(57)65)60-49(41-18-11-10-12-19-41)21-17-22-50(60)43-34-45(62(4,5)6)36-46(35-43)63(7,8)9;/h10-26,28-30,32-37,54H,27,31H2,1-9H3;/q-2;. The van der Waals surface area contributed by atoms with Crippen molar-refractivity contribution in [2.45, 2.75) is 97.4 Å². The molecule has 1 aliphatic rings. The van der Waals surface area contributed by atoms with Gasteiger partial charge in [-0.3, -0.25) is 0 Å². The van der Waals surface area contributed by atoms with E-state index in [0.29, 0.717) is 11.5 Å². The van der Waals surface area contributed by atoms with Gasteiger partial charge < -0.3 is 0 Å². The number of rotatable bonds is 7. The first-order chi connectivity index (χ1) is 33.0. The van der Waals surface area contributed by atoms with E-state index in [0.717, 1.165) is 49.8 Å². The molecule has 1 unspecified atom stereocenters. The van der Waals surface area contributed by atoms with Crippen LogP contribution >= 0.6 is 0 Å². The van der Waals surface area contributed by atoms with E-state index in [9.17, 15) is 0 Å². The van der Waals surface area contributed by atoms with Crippen LogP contribution in [0.2, 0.25) is 0 Å². The van der Waals surface area contributed by atoms with Crippen molar-refractivity contribution < 1.29 is 24.1 Å². The second-order valence-electron chi connectivity index (χ2n) is 21.8. The Bertz CT molecular complexity index is 3650. The number of imidazole rings is 1. The maximum absolute atomic E-state index is 6.79. The molecule has 0 amide bonds. The van der Waals surface area contributed by atoms with Gasteiger partial charge in [0.2, 0.25) is 0 Å². The number of ether oxygens (including phenoxy) is 1. The van der Waals surface area contributed by atoms with Gasteiger partial charge in [-0.05, 0) is 29.2 Å². The molecule has 5 nitrogen and oxygen atoms in total. The number of aryl methyl sites for hydroxylation is 1. The van der Waals surface area contributed by atoms with Gasteiger partial charge in [-0.1, -0.05) is 39.0 Å². The summed E-state index contributed by atoms with van der Waals surface area (Å²) in [6.45, 7) is 20.6. The van der Waals surface area contributed by atoms with Crippen molar-refractivity contribution in [3.8, 4) is 45.3 Å². The van der Waals surface area contributed by atoms with Crippen LogP contribution in [0.4, 0.5) is 0 Å². The van der Waals surface area contributed by atoms with Gasteiger partial charge in [-0.2, -0.15) is 0 Å². The van der Waals surface area contributed by atoms with Crippen molar-refractivity contribution >= 4 is 32.8 Å². The molecule has 0 saturated carbocycles. The molecule has 3 aromatic heterocycles.